The molecule has 1 saturated heterocycles. The zero-order valence-electron chi connectivity index (χ0n) is 17.0. The maximum atomic E-state index is 12.6. The number of ether oxygens (including phenoxy) is 1. The Morgan fingerprint density at radius 1 is 1.10 bits per heavy atom. The topological polar surface area (TPSA) is 79.7 Å². The number of likely N-dealkylation sites (tertiary alicyclic amines) is 1. The monoisotopic (exact) mass is 406 g/mol. The van der Waals surface area contributed by atoms with E-state index in [9.17, 15) is 4.79 Å². The fourth-order valence-corrected chi connectivity index (χ4v) is 3.70. The van der Waals surface area contributed by atoms with Crippen LogP contribution in [0.2, 0.25) is 0 Å². The first-order valence-electron chi connectivity index (χ1n) is 10.1. The maximum Gasteiger partial charge on any atom is 0.290 e. The number of hydrogen-bond donors (Lipinski definition) is 1. The summed E-state index contributed by atoms with van der Waals surface area (Å²) in [6.45, 7) is 3.26. The van der Waals surface area contributed by atoms with Gasteiger partial charge in [0.1, 0.15) is 5.75 Å². The molecule has 0 aliphatic carbocycles. The fourth-order valence-electron chi connectivity index (χ4n) is 3.70. The fraction of sp³-hybridized carbons (Fsp3) is 0.292. The van der Waals surface area contributed by atoms with Crippen LogP contribution in [0.25, 0.3) is 22.0 Å². The van der Waals surface area contributed by atoms with Gasteiger partial charge in [-0.25, -0.2) is 0 Å². The molecule has 0 bridgehead atoms. The molecule has 0 radical (unpaired) electrons. The number of carbonyl (C=O) groups is 2. The number of hydrogen-bond acceptors (Lipinski definition) is 4. The highest BCUT2D eigenvalue weighted by atomic mass is 16.5. The zero-order valence-corrected chi connectivity index (χ0v) is 17.0. The highest BCUT2D eigenvalue weighted by molar-refractivity contribution is 5.95. The molecule has 1 fully saturated rings. The number of piperidine rings is 1. The van der Waals surface area contributed by atoms with Gasteiger partial charge in [0.15, 0.2) is 6.10 Å². The van der Waals surface area contributed by atoms with Crippen molar-refractivity contribution in [3.63, 3.8) is 0 Å². The largest absolute Gasteiger partial charge is 0.483 e. The minimum atomic E-state index is -0.488. The molecule has 0 spiro atoms. The number of amides is 1. The number of carbonyl (C=O) groups excluding carboxylic acids is 1. The Labute approximate surface area is 176 Å². The van der Waals surface area contributed by atoms with Crippen LogP contribution in [0.3, 0.4) is 0 Å². The first-order chi connectivity index (χ1) is 14.6. The second-order valence-electron chi connectivity index (χ2n) is 7.15. The minimum absolute atomic E-state index is 0.0702. The highest BCUT2D eigenvalue weighted by Crippen LogP contribution is 2.29. The molecule has 3 aromatic rings. The molecule has 1 amide bonds. The SMILES string of the molecule is CC(Oc1ccc2c(-c3ccccc3)ccnc2c1)C(=O)N1CCCCC1.O=CO. The molecule has 6 nitrogen and oxygen atoms in total. The van der Waals surface area contributed by atoms with Gasteiger partial charge in [0, 0.05) is 30.7 Å². The quantitative estimate of drug-likeness (QED) is 0.651. The van der Waals surface area contributed by atoms with Gasteiger partial charge in [-0.1, -0.05) is 30.3 Å². The van der Waals surface area contributed by atoms with E-state index in [0.717, 1.165) is 48.0 Å². The number of nitrogens with zero attached hydrogens (tertiary/aromatic N) is 2. The maximum absolute atomic E-state index is 12.6. The van der Waals surface area contributed by atoms with Crippen LogP contribution in [0.4, 0.5) is 0 Å². The molecule has 4 rings (SSSR count). The summed E-state index contributed by atoms with van der Waals surface area (Å²) in [7, 11) is 0. The Morgan fingerprint density at radius 3 is 2.50 bits per heavy atom. The standard InChI is InChI=1S/C23H24N2O2.CH2O2/c1-17(23(26)25-14-6-3-7-15-25)27-19-10-11-21-20(12-13-24-22(21)16-19)18-8-4-2-5-9-18;2-1-3/h2,4-5,8-13,16-17H,3,6-7,14-15H2,1H3;1H,(H,2,3). The van der Waals surface area contributed by atoms with Gasteiger partial charge in [0.05, 0.1) is 5.52 Å². The summed E-state index contributed by atoms with van der Waals surface area (Å²) in [4.78, 5) is 27.4. The van der Waals surface area contributed by atoms with Crippen LogP contribution in [0, 0.1) is 0 Å². The van der Waals surface area contributed by atoms with Crippen LogP contribution in [-0.4, -0.2) is 46.6 Å². The molecule has 1 aliphatic heterocycles. The lowest BCUT2D eigenvalue weighted by Crippen LogP contribution is -2.43. The van der Waals surface area contributed by atoms with E-state index < -0.39 is 6.10 Å². The molecule has 0 saturated carbocycles. The molecule has 30 heavy (non-hydrogen) atoms. The van der Waals surface area contributed by atoms with Crippen molar-refractivity contribution in [2.75, 3.05) is 13.1 Å². The summed E-state index contributed by atoms with van der Waals surface area (Å²) in [5, 5.41) is 7.96. The first kappa shape index (κ1) is 21.3. The molecular formula is C24H26N2O4. The number of aromatic nitrogens is 1. The molecule has 2 heterocycles. The van der Waals surface area contributed by atoms with E-state index in [1.807, 2.05) is 60.5 Å². The van der Waals surface area contributed by atoms with Gasteiger partial charge in [0.25, 0.3) is 12.4 Å². The molecular weight excluding hydrogens is 380 g/mol. The van der Waals surface area contributed by atoms with Gasteiger partial charge in [0.2, 0.25) is 0 Å². The number of fused-ring (bicyclic) bond motifs is 1. The Kier molecular flexibility index (Phi) is 7.38. The number of carboxylic acid groups (broad SMARTS) is 1. The van der Waals surface area contributed by atoms with E-state index in [-0.39, 0.29) is 12.4 Å². The molecule has 1 aromatic heterocycles. The lowest BCUT2D eigenvalue weighted by molar-refractivity contribution is -0.138. The third kappa shape index (κ3) is 5.14. The van der Waals surface area contributed by atoms with Crippen molar-refractivity contribution in [1.82, 2.24) is 9.88 Å². The molecule has 1 N–H and O–H groups in total. The van der Waals surface area contributed by atoms with Crippen molar-refractivity contribution < 1.29 is 19.4 Å². The Hall–Kier alpha value is -3.41. The second-order valence-corrected chi connectivity index (χ2v) is 7.15. The van der Waals surface area contributed by atoms with Crippen molar-refractivity contribution >= 4 is 23.3 Å². The van der Waals surface area contributed by atoms with Gasteiger partial charge in [-0.05, 0) is 55.5 Å². The molecule has 1 aliphatic rings. The minimum Gasteiger partial charge on any atom is -0.483 e. The smallest absolute Gasteiger partial charge is 0.290 e. The van der Waals surface area contributed by atoms with Gasteiger partial charge in [-0.3, -0.25) is 14.6 Å². The average molecular weight is 406 g/mol. The molecule has 2 aromatic carbocycles. The van der Waals surface area contributed by atoms with Crippen molar-refractivity contribution in [2.45, 2.75) is 32.3 Å². The van der Waals surface area contributed by atoms with E-state index in [1.54, 1.807) is 0 Å². The van der Waals surface area contributed by atoms with Crippen LogP contribution in [0.15, 0.2) is 60.8 Å². The lowest BCUT2D eigenvalue weighted by atomic mass is 10.0. The van der Waals surface area contributed by atoms with Crippen LogP contribution in [0.1, 0.15) is 26.2 Å². The predicted molar refractivity (Wildman–Crippen MR) is 116 cm³/mol. The molecule has 1 unspecified atom stereocenters. The molecule has 6 heteroatoms. The van der Waals surface area contributed by atoms with Crippen molar-refractivity contribution in [1.29, 1.82) is 0 Å². The van der Waals surface area contributed by atoms with Gasteiger partial charge in [-0.15, -0.1) is 0 Å². The van der Waals surface area contributed by atoms with Gasteiger partial charge in [-0.2, -0.15) is 0 Å². The predicted octanol–water partition coefficient (Wildman–Crippen LogP) is 4.38. The summed E-state index contributed by atoms with van der Waals surface area (Å²) < 4.78 is 5.95. The summed E-state index contributed by atoms with van der Waals surface area (Å²) in [6, 6.07) is 18.2. The summed E-state index contributed by atoms with van der Waals surface area (Å²) in [6.07, 6.45) is 4.70. The number of benzene rings is 2. The van der Waals surface area contributed by atoms with E-state index >= 15 is 0 Å². The van der Waals surface area contributed by atoms with E-state index in [1.165, 1.54) is 6.42 Å². The van der Waals surface area contributed by atoms with Crippen LogP contribution < -0.4 is 4.74 Å². The van der Waals surface area contributed by atoms with Crippen molar-refractivity contribution in [3.05, 3.63) is 60.8 Å². The third-order valence-electron chi connectivity index (χ3n) is 5.13. The van der Waals surface area contributed by atoms with E-state index in [2.05, 4.69) is 17.1 Å². The van der Waals surface area contributed by atoms with Crippen molar-refractivity contribution in [3.8, 4) is 16.9 Å². The average Bonchev–Trinajstić information content (AvgIpc) is 2.79. The van der Waals surface area contributed by atoms with Crippen molar-refractivity contribution in [2.24, 2.45) is 0 Å². The number of pyridine rings is 1. The second kappa shape index (κ2) is 10.4. The molecule has 1 atom stereocenters. The normalized spacial score (nSPS) is 14.4. The van der Waals surface area contributed by atoms with Gasteiger partial charge < -0.3 is 14.7 Å². The van der Waals surface area contributed by atoms with Gasteiger partial charge >= 0.3 is 0 Å². The molecule has 156 valence electrons. The summed E-state index contributed by atoms with van der Waals surface area (Å²) in [5.74, 6) is 0.749. The lowest BCUT2D eigenvalue weighted by Gasteiger charge is -2.29. The zero-order chi connectivity index (χ0) is 21.3. The Balaban J connectivity index is 0.000000806. The van der Waals surface area contributed by atoms with E-state index in [4.69, 9.17) is 14.6 Å². The Morgan fingerprint density at radius 2 is 1.80 bits per heavy atom. The van der Waals surface area contributed by atoms with Crippen LogP contribution in [0.5, 0.6) is 5.75 Å². The third-order valence-corrected chi connectivity index (χ3v) is 5.13. The number of rotatable bonds is 4. The Bertz CT molecular complexity index is 985. The summed E-state index contributed by atoms with van der Waals surface area (Å²) in [5.41, 5.74) is 3.17. The van der Waals surface area contributed by atoms with Crippen LogP contribution >= 0.6 is 0 Å². The first-order valence-corrected chi connectivity index (χ1v) is 10.1. The summed E-state index contributed by atoms with van der Waals surface area (Å²) >= 11 is 0. The van der Waals surface area contributed by atoms with Crippen LogP contribution in [-0.2, 0) is 9.59 Å². The van der Waals surface area contributed by atoms with E-state index in [0.29, 0.717) is 5.75 Å². The highest BCUT2D eigenvalue weighted by Gasteiger charge is 2.23.